The van der Waals surface area contributed by atoms with Crippen LogP contribution in [0.2, 0.25) is 0 Å². The fraction of sp³-hybridized carbons (Fsp3) is 1.00. The van der Waals surface area contributed by atoms with E-state index < -0.39 is 6.57 Å². The molecule has 74 valence electrons. The van der Waals surface area contributed by atoms with Gasteiger partial charge in [-0.3, -0.25) is 4.57 Å². The summed E-state index contributed by atoms with van der Waals surface area (Å²) in [5.74, 6) is 0.874. The standard InChI is InChI=1S/C7H17O3PS/c1-7(2)6-10-11(3,9)12-5-4-8/h7-8H,4-6H2,1-3H3. The first kappa shape index (κ1) is 12.5. The quantitative estimate of drug-likeness (QED) is 0.686. The second-order valence-corrected chi connectivity index (χ2v) is 8.25. The Kier molecular flexibility index (Phi) is 6.28. The smallest absolute Gasteiger partial charge is 0.254 e. The zero-order valence-corrected chi connectivity index (χ0v) is 9.53. The number of rotatable bonds is 6. The van der Waals surface area contributed by atoms with Crippen LogP contribution in [0, 0.1) is 5.92 Å². The number of aliphatic hydroxyl groups excluding tert-OH is 1. The van der Waals surface area contributed by atoms with E-state index in [4.69, 9.17) is 9.63 Å². The highest BCUT2D eigenvalue weighted by molar-refractivity contribution is 8.56. The Morgan fingerprint density at radius 3 is 2.58 bits per heavy atom. The maximum Gasteiger partial charge on any atom is 0.254 e. The molecule has 0 fully saturated rings. The van der Waals surface area contributed by atoms with Gasteiger partial charge < -0.3 is 9.63 Å². The van der Waals surface area contributed by atoms with Crippen molar-refractivity contribution in [3.63, 3.8) is 0 Å². The molecule has 0 aromatic heterocycles. The first-order chi connectivity index (χ1) is 5.48. The van der Waals surface area contributed by atoms with E-state index in [2.05, 4.69) is 0 Å². The van der Waals surface area contributed by atoms with E-state index >= 15 is 0 Å². The van der Waals surface area contributed by atoms with Crippen LogP contribution in [0.4, 0.5) is 0 Å². The zero-order valence-electron chi connectivity index (χ0n) is 7.82. The van der Waals surface area contributed by atoms with Crippen molar-refractivity contribution in [2.45, 2.75) is 13.8 Å². The fourth-order valence-corrected chi connectivity index (χ4v) is 3.23. The van der Waals surface area contributed by atoms with Gasteiger partial charge >= 0.3 is 0 Å². The van der Waals surface area contributed by atoms with Gasteiger partial charge in [0.05, 0.1) is 13.2 Å². The Bertz CT molecular complexity index is 161. The molecule has 0 aliphatic rings. The summed E-state index contributed by atoms with van der Waals surface area (Å²) in [5, 5.41) is 8.51. The summed E-state index contributed by atoms with van der Waals surface area (Å²) in [5.41, 5.74) is 0. The zero-order chi connectivity index (χ0) is 9.61. The lowest BCUT2D eigenvalue weighted by Gasteiger charge is -2.13. The summed E-state index contributed by atoms with van der Waals surface area (Å²) in [6.07, 6.45) is 0. The molecule has 0 spiro atoms. The first-order valence-electron chi connectivity index (χ1n) is 3.95. The Morgan fingerprint density at radius 2 is 2.17 bits per heavy atom. The summed E-state index contributed by atoms with van der Waals surface area (Å²) in [4.78, 5) is 0. The summed E-state index contributed by atoms with van der Waals surface area (Å²) < 4.78 is 16.7. The van der Waals surface area contributed by atoms with Crippen molar-refractivity contribution in [1.29, 1.82) is 0 Å². The lowest BCUT2D eigenvalue weighted by molar-refractivity contribution is 0.282. The van der Waals surface area contributed by atoms with Crippen LogP contribution in [0.25, 0.3) is 0 Å². The van der Waals surface area contributed by atoms with E-state index in [1.165, 1.54) is 11.4 Å². The van der Waals surface area contributed by atoms with E-state index in [9.17, 15) is 4.57 Å². The third-order valence-electron chi connectivity index (χ3n) is 1.06. The van der Waals surface area contributed by atoms with Gasteiger partial charge in [0.1, 0.15) is 0 Å². The average Bonchev–Trinajstić information content (AvgIpc) is 1.98. The maximum absolute atomic E-state index is 11.5. The second-order valence-electron chi connectivity index (χ2n) is 3.02. The van der Waals surface area contributed by atoms with Gasteiger partial charge in [-0.25, -0.2) is 0 Å². The molecule has 0 saturated heterocycles. The molecule has 0 aliphatic heterocycles. The molecule has 12 heavy (non-hydrogen) atoms. The predicted molar refractivity (Wildman–Crippen MR) is 53.9 cm³/mol. The van der Waals surface area contributed by atoms with Gasteiger partial charge in [0.25, 0.3) is 6.57 Å². The van der Waals surface area contributed by atoms with Gasteiger partial charge in [0, 0.05) is 12.4 Å². The van der Waals surface area contributed by atoms with E-state index in [0.717, 1.165) is 0 Å². The molecule has 0 bridgehead atoms. The highest BCUT2D eigenvalue weighted by Gasteiger charge is 2.16. The average molecular weight is 212 g/mol. The first-order valence-corrected chi connectivity index (χ1v) is 7.61. The molecular formula is C7H17O3PS. The van der Waals surface area contributed by atoms with Crippen LogP contribution in [0.5, 0.6) is 0 Å². The van der Waals surface area contributed by atoms with Crippen molar-refractivity contribution >= 4 is 18.0 Å². The van der Waals surface area contributed by atoms with Crippen LogP contribution in [0.3, 0.4) is 0 Å². The Labute approximate surface area is 78.1 Å². The predicted octanol–water partition coefficient (Wildman–Crippen LogP) is 2.21. The topological polar surface area (TPSA) is 46.5 Å². The molecule has 0 aliphatic carbocycles. The van der Waals surface area contributed by atoms with Crippen molar-refractivity contribution in [2.24, 2.45) is 5.92 Å². The van der Waals surface area contributed by atoms with Crippen LogP contribution in [-0.2, 0) is 9.09 Å². The Morgan fingerprint density at radius 1 is 1.58 bits per heavy atom. The number of hydrogen-bond donors (Lipinski definition) is 1. The molecule has 1 N–H and O–H groups in total. The van der Waals surface area contributed by atoms with Crippen LogP contribution >= 0.6 is 18.0 Å². The normalized spacial score (nSPS) is 16.4. The molecule has 0 radical (unpaired) electrons. The summed E-state index contributed by atoms with van der Waals surface area (Å²) in [6, 6.07) is 0. The lowest BCUT2D eigenvalue weighted by atomic mass is 10.2. The molecule has 0 rings (SSSR count). The molecule has 1 atom stereocenters. The van der Waals surface area contributed by atoms with Crippen molar-refractivity contribution in [3.8, 4) is 0 Å². The molecule has 0 heterocycles. The van der Waals surface area contributed by atoms with E-state index in [1.807, 2.05) is 13.8 Å². The Balaban J connectivity index is 3.64. The minimum atomic E-state index is -2.51. The SMILES string of the molecule is CC(C)COP(C)(=O)SCCO. The molecule has 1 unspecified atom stereocenters. The molecule has 3 nitrogen and oxygen atoms in total. The third-order valence-corrected chi connectivity index (χ3v) is 4.78. The molecule has 0 amide bonds. The summed E-state index contributed by atoms with van der Waals surface area (Å²) in [7, 11) is 0. The Hall–Kier alpha value is 0.500. The van der Waals surface area contributed by atoms with Crippen molar-refractivity contribution < 1.29 is 14.2 Å². The van der Waals surface area contributed by atoms with Crippen LogP contribution in [-0.4, -0.2) is 30.7 Å². The van der Waals surface area contributed by atoms with Gasteiger partial charge in [0.2, 0.25) is 0 Å². The van der Waals surface area contributed by atoms with Crippen molar-refractivity contribution in [2.75, 3.05) is 25.6 Å². The largest absolute Gasteiger partial charge is 0.396 e. The van der Waals surface area contributed by atoms with Gasteiger partial charge in [-0.2, -0.15) is 0 Å². The number of aliphatic hydroxyl groups is 1. The summed E-state index contributed by atoms with van der Waals surface area (Å²) in [6.45, 7) is 3.68. The third kappa shape index (κ3) is 7.17. The monoisotopic (exact) mass is 212 g/mol. The van der Waals surface area contributed by atoms with Gasteiger partial charge in [-0.1, -0.05) is 25.2 Å². The maximum atomic E-state index is 11.5. The lowest BCUT2D eigenvalue weighted by Crippen LogP contribution is -1.99. The van der Waals surface area contributed by atoms with E-state index in [0.29, 0.717) is 18.3 Å². The molecule has 0 aromatic rings. The van der Waals surface area contributed by atoms with Crippen LogP contribution in [0.15, 0.2) is 0 Å². The molecule has 5 heteroatoms. The van der Waals surface area contributed by atoms with E-state index in [1.54, 1.807) is 6.66 Å². The van der Waals surface area contributed by atoms with Crippen molar-refractivity contribution in [3.05, 3.63) is 0 Å². The molecular weight excluding hydrogens is 195 g/mol. The van der Waals surface area contributed by atoms with Gasteiger partial charge in [-0.15, -0.1) is 0 Å². The van der Waals surface area contributed by atoms with Crippen molar-refractivity contribution in [1.82, 2.24) is 0 Å². The highest BCUT2D eigenvalue weighted by atomic mass is 32.7. The second kappa shape index (κ2) is 6.03. The van der Waals surface area contributed by atoms with Gasteiger partial charge in [-0.05, 0) is 5.92 Å². The van der Waals surface area contributed by atoms with Crippen LogP contribution < -0.4 is 0 Å². The van der Waals surface area contributed by atoms with Gasteiger partial charge in [0.15, 0.2) is 0 Å². The minimum absolute atomic E-state index is 0.0491. The molecule has 0 saturated carbocycles. The minimum Gasteiger partial charge on any atom is -0.396 e. The van der Waals surface area contributed by atoms with Crippen LogP contribution in [0.1, 0.15) is 13.8 Å². The fourth-order valence-electron chi connectivity index (χ4n) is 0.528. The number of hydrogen-bond acceptors (Lipinski definition) is 4. The van der Waals surface area contributed by atoms with E-state index in [-0.39, 0.29) is 6.61 Å². The highest BCUT2D eigenvalue weighted by Crippen LogP contribution is 2.56. The summed E-state index contributed by atoms with van der Waals surface area (Å²) >= 11 is 1.20. The molecule has 0 aromatic carbocycles.